The van der Waals surface area contributed by atoms with Crippen molar-refractivity contribution in [3.05, 3.63) is 112 Å². The average molecular weight is 523 g/mol. The number of ketones is 2. The standard InChI is InChI=1S/C32H30F4O2/c1-19(2)7-13-25(37)14-10-21-5-3-4-6-26(21)27-15-22(20-8-11-23(33)12-9-20)16-28(27)32(38)31-29(35)17-24(34)18-30(31)36/h3-6,8-9,11-12,16-19,27-28H,7,10,13-15H2,1-2H3. The van der Waals surface area contributed by atoms with Gasteiger partial charge in [-0.3, -0.25) is 9.59 Å². The van der Waals surface area contributed by atoms with Crippen LogP contribution in [0.25, 0.3) is 5.57 Å². The highest BCUT2D eigenvalue weighted by molar-refractivity contribution is 6.02. The molecule has 0 aromatic heterocycles. The van der Waals surface area contributed by atoms with E-state index in [0.717, 1.165) is 23.1 Å². The largest absolute Gasteiger partial charge is 0.300 e. The Labute approximate surface area is 220 Å². The van der Waals surface area contributed by atoms with Crippen LogP contribution >= 0.6 is 0 Å². The van der Waals surface area contributed by atoms with Crippen LogP contribution in [-0.4, -0.2) is 11.6 Å². The predicted octanol–water partition coefficient (Wildman–Crippen LogP) is 8.25. The molecule has 2 unspecified atom stereocenters. The van der Waals surface area contributed by atoms with Gasteiger partial charge in [-0.2, -0.15) is 0 Å². The van der Waals surface area contributed by atoms with Gasteiger partial charge in [0.1, 0.15) is 29.1 Å². The van der Waals surface area contributed by atoms with E-state index < -0.39 is 46.5 Å². The molecule has 2 nitrogen and oxygen atoms in total. The van der Waals surface area contributed by atoms with E-state index in [-0.39, 0.29) is 5.78 Å². The van der Waals surface area contributed by atoms with Gasteiger partial charge in [0.25, 0.3) is 0 Å². The fourth-order valence-electron chi connectivity index (χ4n) is 5.12. The molecule has 0 heterocycles. The fraction of sp³-hybridized carbons (Fsp3) is 0.312. The molecule has 0 saturated carbocycles. The molecule has 0 N–H and O–H groups in total. The first-order valence-electron chi connectivity index (χ1n) is 12.9. The summed E-state index contributed by atoms with van der Waals surface area (Å²) in [6.07, 6.45) is 4.21. The predicted molar refractivity (Wildman–Crippen MR) is 140 cm³/mol. The summed E-state index contributed by atoms with van der Waals surface area (Å²) in [7, 11) is 0. The van der Waals surface area contributed by atoms with E-state index >= 15 is 0 Å². The van der Waals surface area contributed by atoms with Crippen LogP contribution in [0.1, 0.15) is 72.5 Å². The Morgan fingerprint density at radius 3 is 2.18 bits per heavy atom. The maximum absolute atomic E-state index is 14.6. The number of halogens is 4. The molecule has 38 heavy (non-hydrogen) atoms. The second-order valence-corrected chi connectivity index (χ2v) is 10.3. The molecule has 0 spiro atoms. The number of benzene rings is 3. The summed E-state index contributed by atoms with van der Waals surface area (Å²) in [5, 5.41) is 0. The van der Waals surface area contributed by atoms with Crippen molar-refractivity contribution in [3.8, 4) is 0 Å². The van der Waals surface area contributed by atoms with Crippen LogP contribution < -0.4 is 0 Å². The van der Waals surface area contributed by atoms with Crippen LogP contribution in [0.2, 0.25) is 0 Å². The zero-order valence-electron chi connectivity index (χ0n) is 21.4. The molecule has 1 aliphatic rings. The number of aryl methyl sites for hydroxylation is 1. The second kappa shape index (κ2) is 11.9. The van der Waals surface area contributed by atoms with Gasteiger partial charge in [-0.25, -0.2) is 17.6 Å². The lowest BCUT2D eigenvalue weighted by atomic mass is 9.80. The molecule has 0 amide bonds. The molecule has 0 radical (unpaired) electrons. The van der Waals surface area contributed by atoms with Crippen LogP contribution in [0, 0.1) is 35.1 Å². The summed E-state index contributed by atoms with van der Waals surface area (Å²) in [5.41, 5.74) is 2.38. The van der Waals surface area contributed by atoms with E-state index in [1.54, 1.807) is 18.2 Å². The van der Waals surface area contributed by atoms with Gasteiger partial charge >= 0.3 is 0 Å². The quantitative estimate of drug-likeness (QED) is 0.198. The Bertz CT molecular complexity index is 1340. The Balaban J connectivity index is 1.69. The zero-order chi connectivity index (χ0) is 27.4. The third kappa shape index (κ3) is 6.29. The maximum atomic E-state index is 14.6. The highest BCUT2D eigenvalue weighted by Crippen LogP contribution is 2.45. The van der Waals surface area contributed by atoms with E-state index in [9.17, 15) is 27.2 Å². The van der Waals surface area contributed by atoms with Crippen molar-refractivity contribution in [1.82, 2.24) is 0 Å². The van der Waals surface area contributed by atoms with Crippen molar-refractivity contribution in [1.29, 1.82) is 0 Å². The van der Waals surface area contributed by atoms with Crippen molar-refractivity contribution in [2.75, 3.05) is 0 Å². The summed E-state index contributed by atoms with van der Waals surface area (Å²) in [6, 6.07) is 14.3. The van der Waals surface area contributed by atoms with Gasteiger partial charge in [-0.15, -0.1) is 0 Å². The molecule has 198 valence electrons. The van der Waals surface area contributed by atoms with Gasteiger partial charge < -0.3 is 0 Å². The van der Waals surface area contributed by atoms with Gasteiger partial charge in [-0.05, 0) is 59.6 Å². The number of rotatable bonds is 10. The molecule has 4 rings (SSSR count). The molecule has 3 aromatic carbocycles. The Morgan fingerprint density at radius 2 is 1.53 bits per heavy atom. The van der Waals surface area contributed by atoms with Crippen molar-refractivity contribution in [2.24, 2.45) is 11.8 Å². The molecule has 3 aromatic rings. The van der Waals surface area contributed by atoms with Gasteiger partial charge in [0, 0.05) is 36.8 Å². The van der Waals surface area contributed by atoms with Gasteiger partial charge in [0.2, 0.25) is 0 Å². The Morgan fingerprint density at radius 1 is 0.868 bits per heavy atom. The lowest BCUT2D eigenvalue weighted by molar-refractivity contribution is -0.119. The van der Waals surface area contributed by atoms with Crippen molar-refractivity contribution in [2.45, 2.75) is 51.9 Å². The van der Waals surface area contributed by atoms with E-state index in [1.165, 1.54) is 12.1 Å². The molecule has 0 fully saturated rings. The summed E-state index contributed by atoms with van der Waals surface area (Å²) in [4.78, 5) is 26.0. The minimum Gasteiger partial charge on any atom is -0.300 e. The number of allylic oxidation sites excluding steroid dienone is 2. The van der Waals surface area contributed by atoms with Crippen LogP contribution in [0.4, 0.5) is 17.6 Å². The molecular formula is C32H30F4O2. The molecular weight excluding hydrogens is 492 g/mol. The monoisotopic (exact) mass is 522 g/mol. The average Bonchev–Trinajstić information content (AvgIpc) is 3.31. The molecule has 0 saturated heterocycles. The Kier molecular flexibility index (Phi) is 8.60. The highest BCUT2D eigenvalue weighted by Gasteiger charge is 2.38. The molecule has 6 heteroatoms. The van der Waals surface area contributed by atoms with Crippen molar-refractivity contribution >= 4 is 17.1 Å². The second-order valence-electron chi connectivity index (χ2n) is 10.3. The van der Waals surface area contributed by atoms with Crippen LogP contribution in [0.5, 0.6) is 0 Å². The first kappa shape index (κ1) is 27.5. The number of Topliss-reactive ketones (excluding diaryl/α,β-unsaturated/α-hetero) is 2. The third-order valence-corrected chi connectivity index (χ3v) is 7.15. The molecule has 0 bridgehead atoms. The number of hydrogen-bond acceptors (Lipinski definition) is 2. The smallest absolute Gasteiger partial charge is 0.176 e. The number of carbonyl (C=O) groups excluding carboxylic acids is 2. The van der Waals surface area contributed by atoms with E-state index in [2.05, 4.69) is 13.8 Å². The van der Waals surface area contributed by atoms with E-state index in [1.807, 2.05) is 24.3 Å². The van der Waals surface area contributed by atoms with E-state index in [4.69, 9.17) is 0 Å². The van der Waals surface area contributed by atoms with Gasteiger partial charge in [-0.1, -0.05) is 56.3 Å². The fourth-order valence-corrected chi connectivity index (χ4v) is 5.12. The molecule has 0 aliphatic heterocycles. The van der Waals surface area contributed by atoms with Gasteiger partial charge in [0.05, 0.1) is 5.56 Å². The van der Waals surface area contributed by atoms with Crippen LogP contribution in [0.3, 0.4) is 0 Å². The minimum atomic E-state index is -1.25. The van der Waals surface area contributed by atoms with Crippen molar-refractivity contribution < 1.29 is 27.2 Å². The number of hydrogen-bond donors (Lipinski definition) is 0. The lowest BCUT2D eigenvalue weighted by Crippen LogP contribution is -2.21. The molecule has 2 atom stereocenters. The topological polar surface area (TPSA) is 34.1 Å². The van der Waals surface area contributed by atoms with Crippen LogP contribution in [0.15, 0.2) is 66.7 Å². The summed E-state index contributed by atoms with van der Waals surface area (Å²) < 4.78 is 56.4. The number of carbonyl (C=O) groups is 2. The minimum absolute atomic E-state index is 0.160. The SMILES string of the molecule is CC(C)CCC(=O)CCc1ccccc1C1CC(c2ccc(F)cc2)=CC1C(=O)c1c(F)cc(F)cc1F. The lowest BCUT2D eigenvalue weighted by Gasteiger charge is -2.22. The summed E-state index contributed by atoms with van der Waals surface area (Å²) in [6.45, 7) is 4.14. The van der Waals surface area contributed by atoms with Crippen LogP contribution in [-0.2, 0) is 11.2 Å². The zero-order valence-corrected chi connectivity index (χ0v) is 21.4. The summed E-state index contributed by atoms with van der Waals surface area (Å²) >= 11 is 0. The van der Waals surface area contributed by atoms with Crippen molar-refractivity contribution in [3.63, 3.8) is 0 Å². The summed E-state index contributed by atoms with van der Waals surface area (Å²) in [5.74, 6) is -5.60. The third-order valence-electron chi connectivity index (χ3n) is 7.15. The first-order chi connectivity index (χ1) is 18.1. The first-order valence-corrected chi connectivity index (χ1v) is 12.9. The Hall–Kier alpha value is -3.54. The van der Waals surface area contributed by atoms with E-state index in [0.29, 0.717) is 49.3 Å². The maximum Gasteiger partial charge on any atom is 0.176 e. The van der Waals surface area contributed by atoms with Gasteiger partial charge in [0.15, 0.2) is 5.78 Å². The highest BCUT2D eigenvalue weighted by atomic mass is 19.1. The normalized spacial score (nSPS) is 17.1. The molecule has 1 aliphatic carbocycles.